The maximum absolute atomic E-state index is 14.1. The van der Waals surface area contributed by atoms with E-state index in [1.54, 1.807) is 49.6 Å². The molecule has 0 aliphatic carbocycles. The largest absolute Gasteiger partial charge is 0.497 e. The van der Waals surface area contributed by atoms with Crippen LogP contribution in [0.2, 0.25) is 0 Å². The van der Waals surface area contributed by atoms with Crippen molar-refractivity contribution >= 4 is 29.4 Å². The van der Waals surface area contributed by atoms with Gasteiger partial charge in [0, 0.05) is 11.8 Å². The standard InChI is InChI=1S/C30H26N2O6/c1-36-20-11-9-19(10-12-20)32-29(34)24-25(30(32)35)27(28(33)18-8-13-22(37-2)23(16-18)38-3)31-15-14-17-6-4-5-7-21(17)26(24)31/h4-16,24-27H,1-3H3/t24-,25+,26-,27+/m0/s1. The fourth-order valence-corrected chi connectivity index (χ4v) is 6.00. The van der Waals surface area contributed by atoms with Gasteiger partial charge in [-0.1, -0.05) is 24.3 Å². The van der Waals surface area contributed by atoms with Gasteiger partial charge in [-0.25, -0.2) is 4.90 Å². The summed E-state index contributed by atoms with van der Waals surface area (Å²) in [4.78, 5) is 45.2. The van der Waals surface area contributed by atoms with Crippen LogP contribution in [-0.4, -0.2) is 49.9 Å². The maximum atomic E-state index is 14.1. The van der Waals surface area contributed by atoms with Crippen LogP contribution < -0.4 is 19.1 Å². The van der Waals surface area contributed by atoms with Gasteiger partial charge in [0.1, 0.15) is 11.8 Å². The molecule has 8 nitrogen and oxygen atoms in total. The van der Waals surface area contributed by atoms with Gasteiger partial charge in [-0.15, -0.1) is 0 Å². The van der Waals surface area contributed by atoms with E-state index < -0.39 is 23.9 Å². The Balaban J connectivity index is 1.47. The lowest BCUT2D eigenvalue weighted by atomic mass is 9.83. The Bertz CT molecular complexity index is 1480. The fraction of sp³-hybridized carbons (Fsp3) is 0.233. The van der Waals surface area contributed by atoms with Gasteiger partial charge in [-0.05, 0) is 59.7 Å². The van der Waals surface area contributed by atoms with Crippen molar-refractivity contribution in [2.24, 2.45) is 11.8 Å². The van der Waals surface area contributed by atoms with Crippen molar-refractivity contribution in [1.29, 1.82) is 0 Å². The number of hydrogen-bond acceptors (Lipinski definition) is 7. The summed E-state index contributed by atoms with van der Waals surface area (Å²) in [6.07, 6.45) is 3.77. The molecule has 38 heavy (non-hydrogen) atoms. The van der Waals surface area contributed by atoms with Gasteiger partial charge in [0.25, 0.3) is 0 Å². The van der Waals surface area contributed by atoms with Gasteiger partial charge in [-0.3, -0.25) is 14.4 Å². The highest BCUT2D eigenvalue weighted by Gasteiger charge is 2.64. The summed E-state index contributed by atoms with van der Waals surface area (Å²) in [7, 11) is 4.58. The lowest BCUT2D eigenvalue weighted by molar-refractivity contribution is -0.123. The number of carbonyl (C=O) groups excluding carboxylic acids is 3. The monoisotopic (exact) mass is 510 g/mol. The van der Waals surface area contributed by atoms with Gasteiger partial charge in [0.05, 0.1) is 44.9 Å². The number of benzene rings is 3. The molecule has 0 N–H and O–H groups in total. The van der Waals surface area contributed by atoms with Crippen LogP contribution in [0.25, 0.3) is 6.08 Å². The number of hydrogen-bond donors (Lipinski definition) is 0. The van der Waals surface area contributed by atoms with Crippen molar-refractivity contribution < 1.29 is 28.6 Å². The first-order valence-corrected chi connectivity index (χ1v) is 12.3. The number of imide groups is 1. The van der Waals surface area contributed by atoms with E-state index in [0.717, 1.165) is 11.1 Å². The molecular weight excluding hydrogens is 484 g/mol. The highest BCUT2D eigenvalue weighted by atomic mass is 16.5. The van der Waals surface area contributed by atoms with Gasteiger partial charge in [-0.2, -0.15) is 0 Å². The third kappa shape index (κ3) is 3.40. The molecule has 192 valence electrons. The fourth-order valence-electron chi connectivity index (χ4n) is 6.00. The SMILES string of the molecule is COc1ccc(N2C(=O)[C@@H]3[C@H](C2=O)[C@@H]2c4ccccc4C=CN2[C@H]3C(=O)c2ccc(OC)c(OC)c2)cc1. The summed E-state index contributed by atoms with van der Waals surface area (Å²) in [5.41, 5.74) is 2.72. The molecule has 3 aromatic rings. The molecule has 0 aromatic heterocycles. The smallest absolute Gasteiger partial charge is 0.240 e. The van der Waals surface area contributed by atoms with E-state index in [1.807, 2.05) is 41.4 Å². The Morgan fingerprint density at radius 2 is 1.50 bits per heavy atom. The molecule has 3 aliphatic rings. The van der Waals surface area contributed by atoms with Crippen molar-refractivity contribution in [3.63, 3.8) is 0 Å². The molecule has 0 unspecified atom stereocenters. The van der Waals surface area contributed by atoms with Crippen LogP contribution in [0.1, 0.15) is 27.5 Å². The molecule has 6 rings (SSSR count). The van der Waals surface area contributed by atoms with Crippen molar-refractivity contribution in [1.82, 2.24) is 4.90 Å². The Hall–Kier alpha value is -4.59. The first-order chi connectivity index (χ1) is 18.5. The number of Topliss-reactive ketones (excluding diaryl/α,β-unsaturated/α-hetero) is 1. The van der Waals surface area contributed by atoms with Gasteiger partial charge in [0.2, 0.25) is 11.8 Å². The lowest BCUT2D eigenvalue weighted by Gasteiger charge is -2.35. The zero-order chi connectivity index (χ0) is 26.6. The van der Waals surface area contributed by atoms with Gasteiger partial charge >= 0.3 is 0 Å². The molecule has 8 heteroatoms. The number of nitrogens with zero attached hydrogens (tertiary/aromatic N) is 2. The van der Waals surface area contributed by atoms with Crippen LogP contribution in [-0.2, 0) is 9.59 Å². The molecule has 3 aliphatic heterocycles. The van der Waals surface area contributed by atoms with Crippen LogP contribution in [0.5, 0.6) is 17.2 Å². The van der Waals surface area contributed by atoms with Crippen molar-refractivity contribution in [3.05, 3.63) is 89.6 Å². The number of carbonyl (C=O) groups is 3. The summed E-state index contributed by atoms with van der Waals surface area (Å²) in [6, 6.07) is 18.2. The minimum absolute atomic E-state index is 0.259. The molecule has 3 heterocycles. The second kappa shape index (κ2) is 9.06. The molecule has 3 aromatic carbocycles. The number of fused-ring (bicyclic) bond motifs is 5. The number of anilines is 1. The molecule has 0 radical (unpaired) electrons. The molecule has 0 spiro atoms. The number of rotatable bonds is 6. The third-order valence-corrected chi connectivity index (χ3v) is 7.73. The van der Waals surface area contributed by atoms with Crippen molar-refractivity contribution in [2.45, 2.75) is 12.1 Å². The lowest BCUT2D eigenvalue weighted by Crippen LogP contribution is -2.44. The summed E-state index contributed by atoms with van der Waals surface area (Å²) in [6.45, 7) is 0. The third-order valence-electron chi connectivity index (χ3n) is 7.73. The normalized spacial score (nSPS) is 23.1. The highest BCUT2D eigenvalue weighted by Crippen LogP contribution is 2.53. The molecule has 0 saturated carbocycles. The van der Waals surface area contributed by atoms with Crippen molar-refractivity contribution in [2.75, 3.05) is 26.2 Å². The molecule has 0 bridgehead atoms. The van der Waals surface area contributed by atoms with E-state index in [2.05, 4.69) is 0 Å². The van der Waals surface area contributed by atoms with Crippen LogP contribution in [0.3, 0.4) is 0 Å². The summed E-state index contributed by atoms with van der Waals surface area (Å²) >= 11 is 0. The second-order valence-electron chi connectivity index (χ2n) is 9.48. The van der Waals surface area contributed by atoms with Crippen LogP contribution in [0.4, 0.5) is 5.69 Å². The Kier molecular flexibility index (Phi) is 5.67. The zero-order valence-corrected chi connectivity index (χ0v) is 21.2. The number of ketones is 1. The maximum Gasteiger partial charge on any atom is 0.240 e. The van der Waals surface area contributed by atoms with Crippen LogP contribution in [0.15, 0.2) is 72.9 Å². The molecule has 2 saturated heterocycles. The predicted octanol–water partition coefficient (Wildman–Crippen LogP) is 4.11. The quantitative estimate of drug-likeness (QED) is 0.364. The molecule has 2 fully saturated rings. The summed E-state index contributed by atoms with van der Waals surface area (Å²) < 4.78 is 16.0. The number of methoxy groups -OCH3 is 3. The van der Waals surface area contributed by atoms with E-state index in [0.29, 0.717) is 28.5 Å². The Morgan fingerprint density at radius 3 is 2.21 bits per heavy atom. The van der Waals surface area contributed by atoms with E-state index in [9.17, 15) is 14.4 Å². The minimum Gasteiger partial charge on any atom is -0.497 e. The van der Waals surface area contributed by atoms with E-state index >= 15 is 0 Å². The number of amides is 2. The van der Waals surface area contributed by atoms with Gasteiger partial charge in [0.15, 0.2) is 17.3 Å². The molecular formula is C30H26N2O6. The average molecular weight is 511 g/mol. The highest BCUT2D eigenvalue weighted by molar-refractivity contribution is 6.24. The first-order valence-electron chi connectivity index (χ1n) is 12.3. The van der Waals surface area contributed by atoms with E-state index in [4.69, 9.17) is 14.2 Å². The number of ether oxygens (including phenoxy) is 3. The van der Waals surface area contributed by atoms with Crippen molar-refractivity contribution in [3.8, 4) is 17.2 Å². The minimum atomic E-state index is -0.868. The topological polar surface area (TPSA) is 85.4 Å². The zero-order valence-electron chi connectivity index (χ0n) is 21.2. The summed E-state index contributed by atoms with van der Waals surface area (Å²) in [5.74, 6) is -1.00. The predicted molar refractivity (Wildman–Crippen MR) is 140 cm³/mol. The first kappa shape index (κ1) is 23.8. The molecule has 2 amide bonds. The average Bonchev–Trinajstić information content (AvgIpc) is 3.44. The van der Waals surface area contributed by atoms with Crippen LogP contribution >= 0.6 is 0 Å². The van der Waals surface area contributed by atoms with Gasteiger partial charge < -0.3 is 19.1 Å². The summed E-state index contributed by atoms with van der Waals surface area (Å²) in [5, 5.41) is 0. The second-order valence-corrected chi connectivity index (χ2v) is 9.48. The molecule has 4 atom stereocenters. The Morgan fingerprint density at radius 1 is 0.789 bits per heavy atom. The van der Waals surface area contributed by atoms with E-state index in [-0.39, 0.29) is 17.6 Å². The Labute approximate surface area is 220 Å². The van der Waals surface area contributed by atoms with Crippen LogP contribution in [0, 0.1) is 11.8 Å². The van der Waals surface area contributed by atoms with E-state index in [1.165, 1.54) is 19.1 Å².